The highest BCUT2D eigenvalue weighted by Gasteiger charge is 2.50. The van der Waals surface area contributed by atoms with Gasteiger partial charge in [-0.05, 0) is 26.3 Å². The van der Waals surface area contributed by atoms with Gasteiger partial charge in [0.2, 0.25) is 11.8 Å². The predicted octanol–water partition coefficient (Wildman–Crippen LogP) is 0.492. The van der Waals surface area contributed by atoms with Gasteiger partial charge in [-0.2, -0.15) is 5.10 Å². The second kappa shape index (κ2) is 8.76. The minimum absolute atomic E-state index is 0.00242. The number of hydrazone groups is 1. The molecule has 9 heteroatoms. The van der Waals surface area contributed by atoms with Gasteiger partial charge in [0.1, 0.15) is 11.5 Å². The minimum Gasteiger partial charge on any atom is -0.374 e. The fourth-order valence-electron chi connectivity index (χ4n) is 3.80. The first-order valence-electron chi connectivity index (χ1n) is 10.4. The quantitative estimate of drug-likeness (QED) is 0.654. The molecule has 3 amide bonds. The fourth-order valence-corrected chi connectivity index (χ4v) is 3.80. The van der Waals surface area contributed by atoms with Crippen LogP contribution in [-0.2, 0) is 25.7 Å². The Morgan fingerprint density at radius 3 is 2.65 bits per heavy atom. The standard InChI is InChI=1S/C22H31N5O4/c1-21(2,23)19(29)24-16(13-31-12-15-8-6-5-7-9-15)18(28)27-11-10-17-22(3,14-27)20(30)26(4)25-17/h5-9,16H,10-14,23H2,1-4H3,(H,24,29). The van der Waals surface area contributed by atoms with Crippen molar-refractivity contribution in [2.24, 2.45) is 16.3 Å². The van der Waals surface area contributed by atoms with Crippen LogP contribution in [-0.4, -0.2) is 71.7 Å². The van der Waals surface area contributed by atoms with E-state index in [0.29, 0.717) is 19.6 Å². The number of carbonyl (C=O) groups excluding carboxylic acids is 3. The predicted molar refractivity (Wildman–Crippen MR) is 116 cm³/mol. The van der Waals surface area contributed by atoms with E-state index < -0.39 is 22.9 Å². The van der Waals surface area contributed by atoms with Gasteiger partial charge in [-0.1, -0.05) is 30.3 Å². The largest absolute Gasteiger partial charge is 0.374 e. The Balaban J connectivity index is 1.71. The number of amides is 3. The molecule has 1 aromatic rings. The second-order valence-electron chi connectivity index (χ2n) is 8.97. The molecule has 168 valence electrons. The number of ether oxygens (including phenoxy) is 1. The van der Waals surface area contributed by atoms with E-state index >= 15 is 0 Å². The summed E-state index contributed by atoms with van der Waals surface area (Å²) in [5, 5.41) is 8.38. The molecule has 0 spiro atoms. The van der Waals surface area contributed by atoms with E-state index in [0.717, 1.165) is 11.3 Å². The molecule has 1 saturated heterocycles. The monoisotopic (exact) mass is 429 g/mol. The van der Waals surface area contributed by atoms with E-state index in [4.69, 9.17) is 10.5 Å². The maximum absolute atomic E-state index is 13.3. The first kappa shape index (κ1) is 22.9. The zero-order chi connectivity index (χ0) is 22.8. The Kier molecular flexibility index (Phi) is 6.47. The van der Waals surface area contributed by atoms with Crippen LogP contribution in [0.2, 0.25) is 0 Å². The third kappa shape index (κ3) is 4.94. The van der Waals surface area contributed by atoms with Crippen LogP contribution in [0.1, 0.15) is 32.8 Å². The second-order valence-corrected chi connectivity index (χ2v) is 8.97. The first-order chi connectivity index (χ1) is 14.5. The molecule has 0 saturated carbocycles. The van der Waals surface area contributed by atoms with Gasteiger partial charge >= 0.3 is 0 Å². The Labute approximate surface area is 182 Å². The van der Waals surface area contributed by atoms with Crippen LogP contribution < -0.4 is 11.1 Å². The molecule has 2 aliphatic heterocycles. The average molecular weight is 430 g/mol. The Hall–Kier alpha value is -2.78. The van der Waals surface area contributed by atoms with Crippen molar-refractivity contribution in [1.29, 1.82) is 0 Å². The SMILES string of the molecule is CN1N=C2CCN(C(=O)C(COCc3ccccc3)NC(=O)C(C)(C)N)CC2(C)C1=O. The van der Waals surface area contributed by atoms with E-state index in [9.17, 15) is 14.4 Å². The molecule has 0 radical (unpaired) electrons. The summed E-state index contributed by atoms with van der Waals surface area (Å²) >= 11 is 0. The third-order valence-electron chi connectivity index (χ3n) is 5.70. The van der Waals surface area contributed by atoms with Gasteiger partial charge in [-0.15, -0.1) is 0 Å². The summed E-state index contributed by atoms with van der Waals surface area (Å²) in [7, 11) is 1.62. The van der Waals surface area contributed by atoms with Gasteiger partial charge in [-0.25, -0.2) is 5.01 Å². The highest BCUT2D eigenvalue weighted by Crippen LogP contribution is 2.34. The van der Waals surface area contributed by atoms with E-state index in [-0.39, 0.29) is 25.0 Å². The summed E-state index contributed by atoms with van der Waals surface area (Å²) in [6.45, 7) is 5.90. The molecule has 1 aromatic carbocycles. The fraction of sp³-hybridized carbons (Fsp3) is 0.545. The van der Waals surface area contributed by atoms with Crippen molar-refractivity contribution in [3.05, 3.63) is 35.9 Å². The number of nitrogens with zero attached hydrogens (tertiary/aromatic N) is 3. The lowest BCUT2D eigenvalue weighted by Crippen LogP contribution is -2.60. The van der Waals surface area contributed by atoms with Crippen molar-refractivity contribution < 1.29 is 19.1 Å². The van der Waals surface area contributed by atoms with Crippen molar-refractivity contribution >= 4 is 23.4 Å². The van der Waals surface area contributed by atoms with Crippen LogP contribution in [0.25, 0.3) is 0 Å². The van der Waals surface area contributed by atoms with Crippen LogP contribution in [0.4, 0.5) is 0 Å². The molecule has 3 rings (SSSR count). The van der Waals surface area contributed by atoms with Crippen LogP contribution in [0.15, 0.2) is 35.4 Å². The molecule has 2 atom stereocenters. The maximum Gasteiger partial charge on any atom is 0.255 e. The molecule has 0 bridgehead atoms. The maximum atomic E-state index is 13.3. The summed E-state index contributed by atoms with van der Waals surface area (Å²) in [4.78, 5) is 40.0. The zero-order valence-electron chi connectivity index (χ0n) is 18.6. The van der Waals surface area contributed by atoms with Crippen molar-refractivity contribution in [3.63, 3.8) is 0 Å². The van der Waals surface area contributed by atoms with Crippen molar-refractivity contribution in [1.82, 2.24) is 15.2 Å². The summed E-state index contributed by atoms with van der Waals surface area (Å²) in [5.74, 6) is -0.881. The van der Waals surface area contributed by atoms with E-state index in [1.807, 2.05) is 30.3 Å². The summed E-state index contributed by atoms with van der Waals surface area (Å²) in [5.41, 5.74) is 5.67. The topological polar surface area (TPSA) is 117 Å². The number of likely N-dealkylation sites (tertiary alicyclic amines) is 1. The number of hydrogen-bond donors (Lipinski definition) is 2. The molecule has 2 heterocycles. The lowest BCUT2D eigenvalue weighted by molar-refractivity contribution is -0.143. The number of rotatable bonds is 7. The zero-order valence-corrected chi connectivity index (χ0v) is 18.6. The highest BCUT2D eigenvalue weighted by molar-refractivity contribution is 6.13. The minimum atomic E-state index is -1.14. The Morgan fingerprint density at radius 1 is 1.32 bits per heavy atom. The number of carbonyl (C=O) groups is 3. The average Bonchev–Trinajstić information content (AvgIpc) is 2.95. The molecule has 0 aliphatic carbocycles. The summed E-state index contributed by atoms with van der Waals surface area (Å²) in [6.07, 6.45) is 0.506. The summed E-state index contributed by atoms with van der Waals surface area (Å²) < 4.78 is 5.76. The van der Waals surface area contributed by atoms with Gasteiger partial charge in [-0.3, -0.25) is 14.4 Å². The Bertz CT molecular complexity index is 880. The van der Waals surface area contributed by atoms with E-state index in [1.165, 1.54) is 5.01 Å². The summed E-state index contributed by atoms with van der Waals surface area (Å²) in [6, 6.07) is 8.66. The molecule has 2 aliphatic rings. The van der Waals surface area contributed by atoms with E-state index in [1.54, 1.807) is 32.7 Å². The number of fused-ring (bicyclic) bond motifs is 1. The smallest absolute Gasteiger partial charge is 0.255 e. The van der Waals surface area contributed by atoms with Gasteiger partial charge < -0.3 is 20.7 Å². The van der Waals surface area contributed by atoms with Gasteiger partial charge in [0.25, 0.3) is 5.91 Å². The first-order valence-corrected chi connectivity index (χ1v) is 10.4. The molecule has 1 fully saturated rings. The van der Waals surface area contributed by atoms with Crippen LogP contribution in [0.3, 0.4) is 0 Å². The number of benzene rings is 1. The lowest BCUT2D eigenvalue weighted by Gasteiger charge is -2.38. The van der Waals surface area contributed by atoms with Gasteiger partial charge in [0, 0.05) is 26.6 Å². The van der Waals surface area contributed by atoms with Crippen molar-refractivity contribution in [3.8, 4) is 0 Å². The van der Waals surface area contributed by atoms with Crippen molar-refractivity contribution in [2.75, 3.05) is 26.7 Å². The lowest BCUT2D eigenvalue weighted by atomic mass is 9.79. The van der Waals surface area contributed by atoms with E-state index in [2.05, 4.69) is 10.4 Å². The molecule has 0 aromatic heterocycles. The van der Waals surface area contributed by atoms with Crippen molar-refractivity contribution in [2.45, 2.75) is 45.4 Å². The third-order valence-corrected chi connectivity index (χ3v) is 5.70. The number of piperidine rings is 1. The molecular weight excluding hydrogens is 398 g/mol. The molecule has 31 heavy (non-hydrogen) atoms. The normalized spacial score (nSPS) is 22.1. The van der Waals surface area contributed by atoms with Gasteiger partial charge in [0.15, 0.2) is 0 Å². The highest BCUT2D eigenvalue weighted by atomic mass is 16.5. The number of nitrogens with one attached hydrogen (secondary N) is 1. The number of nitrogens with two attached hydrogens (primary N) is 1. The molecule has 3 N–H and O–H groups in total. The van der Waals surface area contributed by atoms with Gasteiger partial charge in [0.05, 0.1) is 24.5 Å². The van der Waals surface area contributed by atoms with Crippen LogP contribution in [0.5, 0.6) is 0 Å². The molecule has 2 unspecified atom stereocenters. The Morgan fingerprint density at radius 2 is 2.00 bits per heavy atom. The van der Waals surface area contributed by atoms with Crippen LogP contribution >= 0.6 is 0 Å². The molecular formula is C22H31N5O4. The molecule has 9 nitrogen and oxygen atoms in total. The number of hydrogen-bond acceptors (Lipinski definition) is 6. The van der Waals surface area contributed by atoms with Crippen LogP contribution in [0, 0.1) is 5.41 Å².